The number of hydrogen-bond acceptors (Lipinski definition) is 2. The molecule has 1 N–H and O–H groups in total. The molecular weight excluding hydrogens is 251 g/mol. The summed E-state index contributed by atoms with van der Waals surface area (Å²) in [5, 5.41) is 3.38. The first-order valence-corrected chi connectivity index (χ1v) is 7.09. The first-order valence-electron chi connectivity index (χ1n) is 7.09. The van der Waals surface area contributed by atoms with Crippen LogP contribution in [0.15, 0.2) is 48.8 Å². The average molecular weight is 270 g/mol. The maximum absolute atomic E-state index is 13.5. The maximum Gasteiger partial charge on any atom is 0.141 e. The van der Waals surface area contributed by atoms with Gasteiger partial charge in [-0.05, 0) is 37.1 Å². The molecule has 1 aliphatic carbocycles. The second-order valence-electron chi connectivity index (χ2n) is 5.53. The summed E-state index contributed by atoms with van der Waals surface area (Å²) >= 11 is 0. The Balaban J connectivity index is 2.03. The second kappa shape index (κ2) is 5.33. The second-order valence-corrected chi connectivity index (χ2v) is 5.53. The van der Waals surface area contributed by atoms with Gasteiger partial charge >= 0.3 is 0 Å². The van der Waals surface area contributed by atoms with Gasteiger partial charge in [0.15, 0.2) is 0 Å². The quantitative estimate of drug-likeness (QED) is 0.918. The van der Waals surface area contributed by atoms with Crippen LogP contribution in [-0.2, 0) is 5.41 Å². The molecule has 1 saturated carbocycles. The van der Waals surface area contributed by atoms with E-state index in [1.807, 2.05) is 13.1 Å². The van der Waals surface area contributed by atoms with Crippen molar-refractivity contribution in [2.75, 3.05) is 7.05 Å². The molecule has 3 heteroatoms. The third kappa shape index (κ3) is 2.12. The fourth-order valence-electron chi connectivity index (χ4n) is 3.42. The normalized spacial score (nSPS) is 18.3. The van der Waals surface area contributed by atoms with Gasteiger partial charge in [0.05, 0.1) is 6.20 Å². The van der Waals surface area contributed by atoms with Gasteiger partial charge in [-0.3, -0.25) is 4.98 Å². The van der Waals surface area contributed by atoms with Crippen molar-refractivity contribution in [3.8, 4) is 0 Å². The highest BCUT2D eigenvalue weighted by Gasteiger charge is 2.45. The maximum atomic E-state index is 13.5. The third-order valence-corrected chi connectivity index (χ3v) is 4.50. The molecule has 0 bridgehead atoms. The minimum Gasteiger partial charge on any atom is -0.312 e. The highest BCUT2D eigenvalue weighted by atomic mass is 19.1. The van der Waals surface area contributed by atoms with E-state index >= 15 is 0 Å². The number of nitrogens with zero attached hydrogens (tertiary/aromatic N) is 1. The lowest BCUT2D eigenvalue weighted by Crippen LogP contribution is -2.45. The van der Waals surface area contributed by atoms with Crippen molar-refractivity contribution in [1.82, 2.24) is 10.3 Å². The zero-order valence-corrected chi connectivity index (χ0v) is 11.6. The van der Waals surface area contributed by atoms with Crippen LogP contribution in [0.5, 0.6) is 0 Å². The predicted octanol–water partition coefficient (Wildman–Crippen LogP) is 3.60. The number of benzene rings is 1. The standard InChI is InChI=1S/C17H19FN2/c1-19-16(13-10-15(18)12-20-11-13)17(8-5-9-17)14-6-3-2-4-7-14/h2-4,6-7,10-12,16,19H,5,8-9H2,1H3. The number of pyridine rings is 1. The SMILES string of the molecule is CNC(c1cncc(F)c1)C1(c2ccccc2)CCC1. The van der Waals surface area contributed by atoms with Gasteiger partial charge in [-0.25, -0.2) is 4.39 Å². The molecule has 0 radical (unpaired) electrons. The van der Waals surface area contributed by atoms with Crippen molar-refractivity contribution in [2.24, 2.45) is 0 Å². The van der Waals surface area contributed by atoms with Gasteiger partial charge in [-0.15, -0.1) is 0 Å². The Morgan fingerprint density at radius 2 is 1.95 bits per heavy atom. The van der Waals surface area contributed by atoms with Crippen molar-refractivity contribution < 1.29 is 4.39 Å². The van der Waals surface area contributed by atoms with E-state index in [0.717, 1.165) is 18.4 Å². The van der Waals surface area contributed by atoms with Crippen LogP contribution in [0.4, 0.5) is 4.39 Å². The molecule has 1 aliphatic rings. The molecular formula is C17H19FN2. The first kappa shape index (κ1) is 13.3. The Labute approximate surface area is 119 Å². The van der Waals surface area contributed by atoms with Crippen LogP contribution in [0, 0.1) is 5.82 Å². The summed E-state index contributed by atoms with van der Waals surface area (Å²) in [7, 11) is 1.94. The van der Waals surface area contributed by atoms with Crippen molar-refractivity contribution in [3.05, 3.63) is 65.7 Å². The van der Waals surface area contributed by atoms with Gasteiger partial charge in [0.1, 0.15) is 5.82 Å². The Bertz CT molecular complexity index is 579. The van der Waals surface area contributed by atoms with Crippen molar-refractivity contribution in [2.45, 2.75) is 30.7 Å². The number of likely N-dealkylation sites (N-methyl/N-ethyl adjacent to an activating group) is 1. The monoisotopic (exact) mass is 270 g/mol. The Kier molecular flexibility index (Phi) is 3.53. The summed E-state index contributed by atoms with van der Waals surface area (Å²) in [5.41, 5.74) is 2.32. The van der Waals surface area contributed by atoms with E-state index in [2.05, 4.69) is 34.6 Å². The lowest BCUT2D eigenvalue weighted by Gasteiger charge is -2.48. The molecule has 1 aromatic carbocycles. The third-order valence-electron chi connectivity index (χ3n) is 4.50. The van der Waals surface area contributed by atoms with Crippen molar-refractivity contribution in [1.29, 1.82) is 0 Å². The largest absolute Gasteiger partial charge is 0.312 e. The molecule has 0 aliphatic heterocycles. The topological polar surface area (TPSA) is 24.9 Å². The van der Waals surface area contributed by atoms with Gasteiger partial charge in [0.25, 0.3) is 0 Å². The highest BCUT2D eigenvalue weighted by Crippen LogP contribution is 2.51. The molecule has 1 atom stereocenters. The fourth-order valence-corrected chi connectivity index (χ4v) is 3.42. The molecule has 1 heterocycles. The van der Waals surface area contributed by atoms with E-state index in [1.54, 1.807) is 12.3 Å². The van der Waals surface area contributed by atoms with E-state index in [0.29, 0.717) is 0 Å². The fraction of sp³-hybridized carbons (Fsp3) is 0.353. The van der Waals surface area contributed by atoms with Crippen LogP contribution < -0.4 is 5.32 Å². The zero-order chi connectivity index (χ0) is 14.0. The van der Waals surface area contributed by atoms with E-state index in [9.17, 15) is 4.39 Å². The summed E-state index contributed by atoms with van der Waals surface area (Å²) in [6, 6.07) is 12.2. The van der Waals surface area contributed by atoms with Crippen LogP contribution in [0.3, 0.4) is 0 Å². The van der Waals surface area contributed by atoms with E-state index in [1.165, 1.54) is 18.2 Å². The van der Waals surface area contributed by atoms with E-state index in [-0.39, 0.29) is 17.3 Å². The van der Waals surface area contributed by atoms with Gasteiger partial charge in [-0.1, -0.05) is 36.8 Å². The van der Waals surface area contributed by atoms with Gasteiger partial charge in [0, 0.05) is 17.7 Å². The number of aromatic nitrogens is 1. The molecule has 2 aromatic rings. The first-order chi connectivity index (χ1) is 9.76. The number of halogens is 1. The lowest BCUT2D eigenvalue weighted by atomic mass is 9.59. The molecule has 2 nitrogen and oxygen atoms in total. The minimum atomic E-state index is -0.273. The predicted molar refractivity (Wildman–Crippen MR) is 78.0 cm³/mol. The smallest absolute Gasteiger partial charge is 0.141 e. The van der Waals surface area contributed by atoms with Crippen LogP contribution in [0.2, 0.25) is 0 Å². The average Bonchev–Trinajstić information content (AvgIpc) is 2.43. The number of nitrogens with one attached hydrogen (secondary N) is 1. The minimum absolute atomic E-state index is 0.0610. The van der Waals surface area contributed by atoms with Gasteiger partial charge in [0.2, 0.25) is 0 Å². The molecule has 0 amide bonds. The molecule has 1 fully saturated rings. The molecule has 1 aromatic heterocycles. The number of hydrogen-bond donors (Lipinski definition) is 1. The zero-order valence-electron chi connectivity index (χ0n) is 11.6. The molecule has 20 heavy (non-hydrogen) atoms. The van der Waals surface area contributed by atoms with Crippen LogP contribution in [0.1, 0.15) is 36.4 Å². The summed E-state index contributed by atoms with van der Waals surface area (Å²) in [6.45, 7) is 0. The van der Waals surface area contributed by atoms with E-state index in [4.69, 9.17) is 0 Å². The highest BCUT2D eigenvalue weighted by molar-refractivity contribution is 5.34. The van der Waals surface area contributed by atoms with Crippen LogP contribution in [0.25, 0.3) is 0 Å². The number of rotatable bonds is 4. The Morgan fingerprint density at radius 3 is 2.50 bits per heavy atom. The summed E-state index contributed by atoms with van der Waals surface area (Å²) in [6.07, 6.45) is 6.49. The molecule has 0 spiro atoms. The van der Waals surface area contributed by atoms with Crippen molar-refractivity contribution >= 4 is 0 Å². The van der Waals surface area contributed by atoms with Crippen LogP contribution in [-0.4, -0.2) is 12.0 Å². The molecule has 104 valence electrons. The summed E-state index contributed by atoms with van der Waals surface area (Å²) in [4.78, 5) is 4.00. The lowest BCUT2D eigenvalue weighted by molar-refractivity contribution is 0.175. The summed E-state index contributed by atoms with van der Waals surface area (Å²) in [5.74, 6) is -0.273. The van der Waals surface area contributed by atoms with Crippen molar-refractivity contribution in [3.63, 3.8) is 0 Å². The molecule has 3 rings (SSSR count). The van der Waals surface area contributed by atoms with Crippen LogP contribution >= 0.6 is 0 Å². The Morgan fingerprint density at radius 1 is 1.20 bits per heavy atom. The summed E-state index contributed by atoms with van der Waals surface area (Å²) < 4.78 is 13.5. The Hall–Kier alpha value is -1.74. The molecule has 1 unspecified atom stereocenters. The van der Waals surface area contributed by atoms with E-state index < -0.39 is 0 Å². The molecule has 0 saturated heterocycles. The van der Waals surface area contributed by atoms with Gasteiger partial charge in [-0.2, -0.15) is 0 Å². The van der Waals surface area contributed by atoms with Gasteiger partial charge < -0.3 is 5.32 Å².